The van der Waals surface area contributed by atoms with E-state index in [1.165, 1.54) is 6.33 Å². The number of anilines is 1. The minimum Gasteiger partial charge on any atom is -0.497 e. The second-order valence-corrected chi connectivity index (χ2v) is 14.1. The third kappa shape index (κ3) is 7.26. The van der Waals surface area contributed by atoms with Gasteiger partial charge >= 0.3 is 0 Å². The number of imidazole rings is 1. The monoisotopic (exact) mass is 769 g/mol. The number of benzene rings is 4. The molecule has 12 nitrogen and oxygen atoms in total. The van der Waals surface area contributed by atoms with Gasteiger partial charge < -0.3 is 34.1 Å². The summed E-state index contributed by atoms with van der Waals surface area (Å²) in [6.45, 7) is 0.210. The smallest absolute Gasteiger partial charge is 0.256 e. The number of aromatic nitrogens is 4. The lowest BCUT2D eigenvalue weighted by Gasteiger charge is -2.37. The first-order valence-electron chi connectivity index (χ1n) is 18.0. The quantitative estimate of drug-likeness (QED) is 0.111. The molecule has 1 saturated heterocycles. The first-order chi connectivity index (χ1) is 27.5. The molecule has 284 valence electrons. The number of rotatable bonds is 14. The van der Waals surface area contributed by atoms with Crippen molar-refractivity contribution in [2.45, 2.75) is 36.7 Å². The molecule has 1 aliphatic heterocycles. The summed E-state index contributed by atoms with van der Waals surface area (Å²) < 4.78 is 33.0. The van der Waals surface area contributed by atoms with Crippen LogP contribution in [0.1, 0.15) is 38.2 Å². The molecular formula is C43H39N5O7S. The number of thiophene rings is 1. The lowest BCUT2D eigenvalue weighted by atomic mass is 9.80. The fourth-order valence-corrected chi connectivity index (χ4v) is 7.64. The Bertz CT molecular complexity index is 2310. The van der Waals surface area contributed by atoms with Crippen LogP contribution in [0, 0.1) is 0 Å². The normalized spacial score (nSPS) is 18.2. The number of nitrogens with zero attached hydrogens (tertiary/aromatic N) is 4. The number of ether oxygens (including phenoxy) is 5. The number of nitrogens with one attached hydrogen (secondary N) is 1. The highest BCUT2D eigenvalue weighted by Gasteiger charge is 2.48. The Morgan fingerprint density at radius 1 is 0.821 bits per heavy atom. The van der Waals surface area contributed by atoms with Crippen molar-refractivity contribution in [1.82, 2.24) is 19.5 Å². The number of aliphatic hydroxyl groups excluding tert-OH is 1. The maximum absolute atomic E-state index is 13.1. The number of aliphatic hydroxyl groups is 1. The number of hydrogen-bond acceptors (Lipinski definition) is 11. The largest absolute Gasteiger partial charge is 0.497 e. The van der Waals surface area contributed by atoms with Crippen LogP contribution in [0.3, 0.4) is 0 Å². The third-order valence-corrected chi connectivity index (χ3v) is 10.7. The molecule has 1 aliphatic rings. The maximum Gasteiger partial charge on any atom is 0.256 e. The number of carbonyl (C=O) groups excluding carboxylic acids is 1. The predicted octanol–water partition coefficient (Wildman–Crippen LogP) is 7.01. The van der Waals surface area contributed by atoms with Crippen LogP contribution in [0.25, 0.3) is 11.2 Å². The standard InChI is InChI=1S/C43H39N5O7S/c1-51-32-19-15-30(16-20-32)43(29-12-7-4-8-13-29,31-17-21-33(52-2)22-18-31)54-25-35-37(49)38(53-24-34-14-9-23-56-34)42(55-35)48-27-46-36-39(44-26-45-40(36)48)47-41(50)28-10-5-3-6-11-28/h3-23,26-27,35,37-38,42,49H,24-25H2,1-2H3,(H,44,45,47,50)/t35-,37-,38-,42-/m1/s1. The van der Waals surface area contributed by atoms with Crippen LogP contribution in [-0.4, -0.2) is 69.7 Å². The molecule has 0 bridgehead atoms. The van der Waals surface area contributed by atoms with Gasteiger partial charge in [-0.05, 0) is 64.5 Å². The van der Waals surface area contributed by atoms with E-state index in [2.05, 4.69) is 20.3 Å². The average Bonchev–Trinajstić information content (AvgIpc) is 4.01. The number of amides is 1. The molecule has 13 heteroatoms. The number of hydrogen-bond donors (Lipinski definition) is 2. The number of carbonyl (C=O) groups is 1. The number of methoxy groups -OCH3 is 2. The van der Waals surface area contributed by atoms with Gasteiger partial charge in [-0.3, -0.25) is 9.36 Å². The Hall–Kier alpha value is -5.96. The lowest BCUT2D eigenvalue weighted by molar-refractivity contribution is -0.0967. The van der Waals surface area contributed by atoms with E-state index in [1.54, 1.807) is 60.7 Å². The molecule has 4 aromatic carbocycles. The molecule has 1 amide bonds. The van der Waals surface area contributed by atoms with Crippen LogP contribution >= 0.6 is 11.3 Å². The molecule has 3 aromatic heterocycles. The van der Waals surface area contributed by atoms with Crippen LogP contribution in [0.2, 0.25) is 0 Å². The van der Waals surface area contributed by atoms with Gasteiger partial charge in [-0.2, -0.15) is 0 Å². The van der Waals surface area contributed by atoms with Gasteiger partial charge in [-0.15, -0.1) is 11.3 Å². The molecule has 0 saturated carbocycles. The second kappa shape index (κ2) is 16.4. The predicted molar refractivity (Wildman–Crippen MR) is 211 cm³/mol. The summed E-state index contributed by atoms with van der Waals surface area (Å²) in [6, 6.07) is 38.2. The molecule has 56 heavy (non-hydrogen) atoms. The zero-order chi connectivity index (χ0) is 38.5. The minimum absolute atomic E-state index is 0.0382. The summed E-state index contributed by atoms with van der Waals surface area (Å²) in [6.07, 6.45) is -0.797. The molecule has 0 aliphatic carbocycles. The van der Waals surface area contributed by atoms with E-state index in [4.69, 9.17) is 23.7 Å². The molecule has 0 unspecified atom stereocenters. The minimum atomic E-state index is -1.14. The first kappa shape index (κ1) is 37.0. The summed E-state index contributed by atoms with van der Waals surface area (Å²) in [5.41, 5.74) is 2.62. The molecule has 1 fully saturated rings. The van der Waals surface area contributed by atoms with E-state index in [1.807, 2.05) is 102 Å². The molecule has 7 aromatic rings. The summed E-state index contributed by atoms with van der Waals surface area (Å²) in [5, 5.41) is 16.9. The Labute approximate surface area is 327 Å². The van der Waals surface area contributed by atoms with Gasteiger partial charge in [0.1, 0.15) is 41.7 Å². The van der Waals surface area contributed by atoms with E-state index >= 15 is 0 Å². The summed E-state index contributed by atoms with van der Waals surface area (Å²) in [5.74, 6) is 1.31. The fraction of sp³-hybridized carbons (Fsp3) is 0.209. The van der Waals surface area contributed by atoms with Crippen LogP contribution in [-0.2, 0) is 26.4 Å². The van der Waals surface area contributed by atoms with Crippen molar-refractivity contribution in [3.8, 4) is 11.5 Å². The average molecular weight is 770 g/mol. The van der Waals surface area contributed by atoms with Crippen LogP contribution in [0.4, 0.5) is 5.82 Å². The van der Waals surface area contributed by atoms with E-state index in [0.717, 1.165) is 21.6 Å². The third-order valence-electron chi connectivity index (χ3n) is 9.85. The van der Waals surface area contributed by atoms with Gasteiger partial charge in [0, 0.05) is 10.4 Å². The molecule has 4 heterocycles. The number of fused-ring (bicyclic) bond motifs is 1. The van der Waals surface area contributed by atoms with Crippen molar-refractivity contribution in [2.75, 3.05) is 26.1 Å². The van der Waals surface area contributed by atoms with Crippen molar-refractivity contribution < 1.29 is 33.6 Å². The van der Waals surface area contributed by atoms with Crippen molar-refractivity contribution >= 4 is 34.2 Å². The highest BCUT2D eigenvalue weighted by atomic mass is 32.1. The second-order valence-electron chi connectivity index (χ2n) is 13.1. The Balaban J connectivity index is 1.15. The highest BCUT2D eigenvalue weighted by Crippen LogP contribution is 2.43. The van der Waals surface area contributed by atoms with E-state index in [-0.39, 0.29) is 24.9 Å². The van der Waals surface area contributed by atoms with Gasteiger partial charge in [0.2, 0.25) is 0 Å². The summed E-state index contributed by atoms with van der Waals surface area (Å²) >= 11 is 1.56. The zero-order valence-corrected chi connectivity index (χ0v) is 31.4. The molecule has 4 atom stereocenters. The van der Waals surface area contributed by atoms with Crippen molar-refractivity contribution in [3.63, 3.8) is 0 Å². The van der Waals surface area contributed by atoms with Crippen LogP contribution in [0.15, 0.2) is 139 Å². The fourth-order valence-electron chi connectivity index (χ4n) is 7.01. The maximum atomic E-state index is 13.1. The van der Waals surface area contributed by atoms with Crippen LogP contribution < -0.4 is 14.8 Å². The topological polar surface area (TPSA) is 139 Å². The summed E-state index contributed by atoms with van der Waals surface area (Å²) in [4.78, 5) is 27.5. The van der Waals surface area contributed by atoms with Gasteiger partial charge in [0.15, 0.2) is 23.2 Å². The highest BCUT2D eigenvalue weighted by molar-refractivity contribution is 7.09. The van der Waals surface area contributed by atoms with Crippen LogP contribution in [0.5, 0.6) is 11.5 Å². The zero-order valence-electron chi connectivity index (χ0n) is 30.6. The summed E-state index contributed by atoms with van der Waals surface area (Å²) in [7, 11) is 3.26. The van der Waals surface area contributed by atoms with Crippen molar-refractivity contribution in [2.24, 2.45) is 0 Å². The lowest BCUT2D eigenvalue weighted by Crippen LogP contribution is -2.40. The van der Waals surface area contributed by atoms with E-state index in [9.17, 15) is 9.90 Å². The van der Waals surface area contributed by atoms with Gasteiger partial charge in [-0.25, -0.2) is 15.0 Å². The van der Waals surface area contributed by atoms with Gasteiger partial charge in [0.25, 0.3) is 5.91 Å². The van der Waals surface area contributed by atoms with E-state index < -0.39 is 30.1 Å². The van der Waals surface area contributed by atoms with Gasteiger partial charge in [0.05, 0.1) is 33.8 Å². The molecular weight excluding hydrogens is 731 g/mol. The first-order valence-corrected chi connectivity index (χ1v) is 18.9. The van der Waals surface area contributed by atoms with Gasteiger partial charge in [-0.1, -0.05) is 78.9 Å². The molecule has 0 radical (unpaired) electrons. The molecule has 2 N–H and O–H groups in total. The Morgan fingerprint density at radius 3 is 2.09 bits per heavy atom. The van der Waals surface area contributed by atoms with E-state index in [0.29, 0.717) is 28.2 Å². The van der Waals surface area contributed by atoms with Crippen molar-refractivity contribution in [1.29, 1.82) is 0 Å². The SMILES string of the molecule is COc1ccc(C(OC[C@H]2O[C@@H](n3cnc4c(NC(=O)c5ccccc5)ncnc43)[C@H](OCc3cccs3)[C@@H]2O)(c2ccccc2)c2ccc(OC)cc2)cc1. The Kier molecular flexibility index (Phi) is 10.8. The molecule has 0 spiro atoms. The Morgan fingerprint density at radius 2 is 1.46 bits per heavy atom. The van der Waals surface area contributed by atoms with Crippen molar-refractivity contribution in [3.05, 3.63) is 166 Å². The molecule has 8 rings (SSSR count).